The molecule has 6 heteroatoms. The van der Waals surface area contributed by atoms with E-state index in [0.717, 1.165) is 30.7 Å². The van der Waals surface area contributed by atoms with Crippen molar-refractivity contribution in [3.05, 3.63) is 34.4 Å². The van der Waals surface area contributed by atoms with Gasteiger partial charge in [-0.1, -0.05) is 11.6 Å². The number of carbonyl (C=O) groups excluding carboxylic acids is 1. The molecule has 0 aliphatic carbocycles. The van der Waals surface area contributed by atoms with Crippen molar-refractivity contribution >= 4 is 36.0 Å². The molecule has 0 spiro atoms. The Morgan fingerprint density at radius 2 is 2.27 bits per heavy atom. The first kappa shape index (κ1) is 17.1. The van der Waals surface area contributed by atoms with Crippen molar-refractivity contribution in [3.8, 4) is 5.75 Å². The molecule has 3 rings (SSSR count). The molecule has 0 aromatic heterocycles. The zero-order valence-electron chi connectivity index (χ0n) is 12.4. The molecule has 0 saturated carbocycles. The predicted octanol–water partition coefficient (Wildman–Crippen LogP) is 2.79. The summed E-state index contributed by atoms with van der Waals surface area (Å²) in [7, 11) is 0. The van der Waals surface area contributed by atoms with E-state index >= 15 is 0 Å². The molecule has 1 aromatic carbocycles. The maximum Gasteiger partial charge on any atom is 0.250 e. The summed E-state index contributed by atoms with van der Waals surface area (Å²) in [4.78, 5) is 12.4. The lowest BCUT2D eigenvalue weighted by atomic mass is 10.00. The Morgan fingerprint density at radius 3 is 3.05 bits per heavy atom. The van der Waals surface area contributed by atoms with Crippen LogP contribution in [0.25, 0.3) is 6.08 Å². The van der Waals surface area contributed by atoms with Gasteiger partial charge in [-0.2, -0.15) is 0 Å². The average Bonchev–Trinajstić information content (AvgIpc) is 2.46. The smallest absolute Gasteiger partial charge is 0.250 e. The van der Waals surface area contributed by atoms with Gasteiger partial charge in [0.25, 0.3) is 5.91 Å². The summed E-state index contributed by atoms with van der Waals surface area (Å²) in [6.45, 7) is 3.39. The van der Waals surface area contributed by atoms with Crippen LogP contribution in [0.5, 0.6) is 5.75 Å². The monoisotopic (exact) mass is 342 g/mol. The number of hydrogen-bond donors (Lipinski definition) is 2. The van der Waals surface area contributed by atoms with Gasteiger partial charge in [-0.05, 0) is 50.6 Å². The maximum absolute atomic E-state index is 12.4. The lowest BCUT2D eigenvalue weighted by Crippen LogP contribution is -2.47. The molecule has 2 atom stereocenters. The van der Waals surface area contributed by atoms with Crippen molar-refractivity contribution in [3.63, 3.8) is 0 Å². The highest BCUT2D eigenvalue weighted by Crippen LogP contribution is 2.29. The highest BCUT2D eigenvalue weighted by molar-refractivity contribution is 6.30. The Hall–Kier alpha value is -1.23. The first-order chi connectivity index (χ1) is 10.1. The number of amides is 1. The van der Waals surface area contributed by atoms with Gasteiger partial charge in [-0.15, -0.1) is 12.4 Å². The van der Waals surface area contributed by atoms with Crippen LogP contribution in [-0.4, -0.2) is 31.1 Å². The number of nitrogens with one attached hydrogen (secondary N) is 2. The quantitative estimate of drug-likeness (QED) is 0.868. The zero-order chi connectivity index (χ0) is 14.8. The van der Waals surface area contributed by atoms with Crippen LogP contribution in [0.15, 0.2) is 23.8 Å². The number of carbonyl (C=O) groups is 1. The van der Waals surface area contributed by atoms with Crippen LogP contribution >= 0.6 is 24.0 Å². The lowest BCUT2D eigenvalue weighted by molar-refractivity contribution is -0.118. The summed E-state index contributed by atoms with van der Waals surface area (Å²) in [5.41, 5.74) is 1.51. The van der Waals surface area contributed by atoms with Crippen LogP contribution in [0, 0.1) is 0 Å². The summed E-state index contributed by atoms with van der Waals surface area (Å²) in [6, 6.07) is 6.11. The van der Waals surface area contributed by atoms with Crippen LogP contribution in [0.2, 0.25) is 5.02 Å². The molecule has 4 nitrogen and oxygen atoms in total. The molecule has 2 unspecified atom stereocenters. The van der Waals surface area contributed by atoms with E-state index < -0.39 is 0 Å². The lowest BCUT2D eigenvalue weighted by Gasteiger charge is -2.29. The Bertz CT molecular complexity index is 590. The molecule has 2 N–H and O–H groups in total. The summed E-state index contributed by atoms with van der Waals surface area (Å²) in [5, 5.41) is 7.12. The van der Waals surface area contributed by atoms with Crippen LogP contribution in [-0.2, 0) is 4.79 Å². The standard InChI is InChI=1S/C16H19ClN2O2.ClH/c1-10-6-14(4-5-18-10)19-16(20)12-7-11-8-13(17)2-3-15(11)21-9-12;/h2-3,7-8,10,14,18H,4-6,9H2,1H3,(H,19,20);1H. The van der Waals surface area contributed by atoms with Crippen molar-refractivity contribution in [1.29, 1.82) is 0 Å². The summed E-state index contributed by atoms with van der Waals surface area (Å²) >= 11 is 5.98. The number of benzene rings is 1. The van der Waals surface area contributed by atoms with E-state index in [1.807, 2.05) is 18.2 Å². The van der Waals surface area contributed by atoms with E-state index in [0.29, 0.717) is 23.2 Å². The van der Waals surface area contributed by atoms with Crippen LogP contribution in [0.1, 0.15) is 25.3 Å². The van der Waals surface area contributed by atoms with Crippen molar-refractivity contribution in [1.82, 2.24) is 10.6 Å². The third-order valence-electron chi connectivity index (χ3n) is 3.94. The first-order valence-corrected chi connectivity index (χ1v) is 7.67. The highest BCUT2D eigenvalue weighted by atomic mass is 35.5. The molecule has 0 radical (unpaired) electrons. The number of hydrogen-bond acceptors (Lipinski definition) is 3. The van der Waals surface area contributed by atoms with E-state index in [9.17, 15) is 4.79 Å². The normalized spacial score (nSPS) is 23.5. The number of piperidine rings is 1. The molecule has 22 heavy (non-hydrogen) atoms. The van der Waals surface area contributed by atoms with Crippen molar-refractivity contribution in [2.24, 2.45) is 0 Å². The number of ether oxygens (including phenoxy) is 1. The van der Waals surface area contributed by atoms with Crippen LogP contribution in [0.3, 0.4) is 0 Å². The second kappa shape index (κ2) is 7.36. The topological polar surface area (TPSA) is 50.4 Å². The molecule has 1 aromatic rings. The Kier molecular flexibility index (Phi) is 5.73. The van der Waals surface area contributed by atoms with E-state index in [2.05, 4.69) is 17.6 Å². The van der Waals surface area contributed by atoms with E-state index in [-0.39, 0.29) is 24.4 Å². The average molecular weight is 343 g/mol. The molecule has 1 amide bonds. The Labute approximate surface area is 141 Å². The van der Waals surface area contributed by atoms with Crippen molar-refractivity contribution in [2.45, 2.75) is 31.8 Å². The summed E-state index contributed by atoms with van der Waals surface area (Å²) in [5.74, 6) is 0.728. The van der Waals surface area contributed by atoms with Gasteiger partial charge < -0.3 is 15.4 Å². The molecule has 1 saturated heterocycles. The Balaban J connectivity index is 0.00000176. The number of fused-ring (bicyclic) bond motifs is 1. The molecule has 120 valence electrons. The third kappa shape index (κ3) is 3.94. The number of halogens is 2. The van der Waals surface area contributed by atoms with Gasteiger partial charge in [0.1, 0.15) is 12.4 Å². The van der Waals surface area contributed by atoms with Crippen LogP contribution < -0.4 is 15.4 Å². The van der Waals surface area contributed by atoms with Crippen LogP contribution in [0.4, 0.5) is 0 Å². The predicted molar refractivity (Wildman–Crippen MR) is 90.8 cm³/mol. The highest BCUT2D eigenvalue weighted by Gasteiger charge is 2.23. The summed E-state index contributed by atoms with van der Waals surface area (Å²) < 4.78 is 5.62. The Morgan fingerprint density at radius 1 is 1.45 bits per heavy atom. The fourth-order valence-electron chi connectivity index (χ4n) is 2.82. The number of rotatable bonds is 2. The van der Waals surface area contributed by atoms with E-state index in [1.165, 1.54) is 0 Å². The van der Waals surface area contributed by atoms with Gasteiger partial charge in [0.15, 0.2) is 0 Å². The maximum atomic E-state index is 12.4. The van der Waals surface area contributed by atoms with Gasteiger partial charge >= 0.3 is 0 Å². The fourth-order valence-corrected chi connectivity index (χ4v) is 3.00. The second-order valence-corrected chi connectivity index (χ2v) is 6.13. The molecule has 1 fully saturated rings. The molecule has 0 bridgehead atoms. The van der Waals surface area contributed by atoms with Gasteiger partial charge in [-0.25, -0.2) is 0 Å². The van der Waals surface area contributed by atoms with E-state index in [4.69, 9.17) is 16.3 Å². The van der Waals surface area contributed by atoms with Gasteiger partial charge in [0, 0.05) is 22.7 Å². The molecule has 2 heterocycles. The largest absolute Gasteiger partial charge is 0.488 e. The second-order valence-electron chi connectivity index (χ2n) is 5.69. The van der Waals surface area contributed by atoms with Gasteiger partial charge in [0.05, 0.1) is 5.57 Å². The van der Waals surface area contributed by atoms with E-state index in [1.54, 1.807) is 6.07 Å². The molecular formula is C16H20Cl2N2O2. The molecular weight excluding hydrogens is 323 g/mol. The summed E-state index contributed by atoms with van der Waals surface area (Å²) in [6.07, 6.45) is 3.79. The van der Waals surface area contributed by atoms with Gasteiger partial charge in [-0.3, -0.25) is 4.79 Å². The SMILES string of the molecule is CC1CC(NC(=O)C2=Cc3cc(Cl)ccc3OC2)CCN1.Cl. The first-order valence-electron chi connectivity index (χ1n) is 7.29. The minimum Gasteiger partial charge on any atom is -0.488 e. The van der Waals surface area contributed by atoms with Gasteiger partial charge in [0.2, 0.25) is 0 Å². The fraction of sp³-hybridized carbons (Fsp3) is 0.438. The molecule has 2 aliphatic rings. The zero-order valence-corrected chi connectivity index (χ0v) is 14.0. The van der Waals surface area contributed by atoms with Crippen molar-refractivity contribution in [2.75, 3.05) is 13.2 Å². The molecule has 2 aliphatic heterocycles. The minimum absolute atomic E-state index is 0. The van der Waals surface area contributed by atoms with Crippen molar-refractivity contribution < 1.29 is 9.53 Å². The minimum atomic E-state index is -0.0419. The third-order valence-corrected chi connectivity index (χ3v) is 4.17.